The van der Waals surface area contributed by atoms with Gasteiger partial charge in [0, 0.05) is 12.7 Å². The van der Waals surface area contributed by atoms with Crippen LogP contribution in [0.2, 0.25) is 0 Å². The molecule has 0 aliphatic carbocycles. The number of aromatic nitrogens is 1. The zero-order chi connectivity index (χ0) is 17.2. The van der Waals surface area contributed by atoms with Crippen molar-refractivity contribution in [3.05, 3.63) is 71.3 Å². The van der Waals surface area contributed by atoms with Gasteiger partial charge in [0.2, 0.25) is 0 Å². The highest BCUT2D eigenvalue weighted by Gasteiger charge is 2.02. The number of nitrogens with zero attached hydrogens (tertiary/aromatic N) is 2. The summed E-state index contributed by atoms with van der Waals surface area (Å²) in [6.45, 7) is 0.620. The summed E-state index contributed by atoms with van der Waals surface area (Å²) in [6.07, 6.45) is 4.94. The maximum atomic E-state index is 13.4. The third-order valence-electron chi connectivity index (χ3n) is 3.07. The minimum absolute atomic E-state index is 0.221. The molecule has 1 N–H and O–H groups in total. The molecule has 0 spiro atoms. The Morgan fingerprint density at radius 1 is 1.38 bits per heavy atom. The number of amides is 1. The number of benzene rings is 1. The highest BCUT2D eigenvalue weighted by molar-refractivity contribution is 5.67. The molecule has 0 bridgehead atoms. The summed E-state index contributed by atoms with van der Waals surface area (Å²) >= 11 is 0. The summed E-state index contributed by atoms with van der Waals surface area (Å²) in [5, 5.41) is 11.2. The number of nitriles is 1. The van der Waals surface area contributed by atoms with E-state index in [2.05, 4.69) is 10.3 Å². The summed E-state index contributed by atoms with van der Waals surface area (Å²) < 4.78 is 18.4. The fourth-order valence-corrected chi connectivity index (χ4v) is 1.88. The van der Waals surface area contributed by atoms with Crippen molar-refractivity contribution in [2.75, 3.05) is 6.54 Å². The average Bonchev–Trinajstić information content (AvgIpc) is 2.61. The van der Waals surface area contributed by atoms with E-state index in [1.54, 1.807) is 18.2 Å². The van der Waals surface area contributed by atoms with Gasteiger partial charge in [-0.05, 0) is 23.6 Å². The molecule has 122 valence electrons. The predicted molar refractivity (Wildman–Crippen MR) is 87.2 cm³/mol. The van der Waals surface area contributed by atoms with Gasteiger partial charge in [-0.2, -0.15) is 5.26 Å². The van der Waals surface area contributed by atoms with Gasteiger partial charge in [-0.3, -0.25) is 0 Å². The highest BCUT2D eigenvalue weighted by Crippen LogP contribution is 2.08. The van der Waals surface area contributed by atoms with E-state index < -0.39 is 11.9 Å². The Labute approximate surface area is 139 Å². The minimum Gasteiger partial charge on any atom is -0.445 e. The first kappa shape index (κ1) is 17.2. The van der Waals surface area contributed by atoms with Gasteiger partial charge >= 0.3 is 6.09 Å². The second-order valence-electron chi connectivity index (χ2n) is 4.89. The molecule has 24 heavy (non-hydrogen) atoms. The van der Waals surface area contributed by atoms with Gasteiger partial charge in [-0.1, -0.05) is 42.5 Å². The topological polar surface area (TPSA) is 75.0 Å². The third-order valence-corrected chi connectivity index (χ3v) is 3.07. The summed E-state index contributed by atoms with van der Waals surface area (Å²) in [6, 6.07) is 12.3. The van der Waals surface area contributed by atoms with Crippen molar-refractivity contribution in [2.45, 2.75) is 13.0 Å². The molecule has 6 heteroatoms. The number of ether oxygens (including phenoxy) is 1. The van der Waals surface area contributed by atoms with Gasteiger partial charge < -0.3 is 10.1 Å². The molecular weight excluding hydrogens is 309 g/mol. The van der Waals surface area contributed by atoms with Crippen LogP contribution in [0, 0.1) is 17.1 Å². The predicted octanol–water partition coefficient (Wildman–Crippen LogP) is 3.42. The molecule has 1 amide bonds. The molecule has 0 saturated heterocycles. The van der Waals surface area contributed by atoms with E-state index in [-0.39, 0.29) is 12.3 Å². The minimum atomic E-state index is -0.651. The van der Waals surface area contributed by atoms with Crippen LogP contribution in [-0.2, 0) is 11.3 Å². The van der Waals surface area contributed by atoms with Crippen LogP contribution in [0.4, 0.5) is 9.18 Å². The van der Waals surface area contributed by atoms with Crippen LogP contribution in [0.1, 0.15) is 23.2 Å². The number of hydrogen-bond acceptors (Lipinski definition) is 4. The molecule has 1 aromatic heterocycles. The smallest absolute Gasteiger partial charge is 0.407 e. The molecular formula is C18H16FN3O2. The second-order valence-corrected chi connectivity index (χ2v) is 4.89. The average molecular weight is 325 g/mol. The van der Waals surface area contributed by atoms with E-state index in [9.17, 15) is 9.18 Å². The molecule has 1 heterocycles. The number of halogens is 1. The Bertz CT molecular complexity index is 755. The first-order valence-electron chi connectivity index (χ1n) is 7.36. The van der Waals surface area contributed by atoms with Crippen molar-refractivity contribution >= 4 is 12.2 Å². The van der Waals surface area contributed by atoms with Crippen LogP contribution in [0.15, 0.2) is 48.7 Å². The van der Waals surface area contributed by atoms with E-state index in [0.717, 1.165) is 5.56 Å². The molecule has 2 rings (SSSR count). The quantitative estimate of drug-likeness (QED) is 0.826. The summed E-state index contributed by atoms with van der Waals surface area (Å²) in [5.74, 6) is -0.651. The van der Waals surface area contributed by atoms with Crippen LogP contribution >= 0.6 is 0 Å². The van der Waals surface area contributed by atoms with Crippen LogP contribution in [0.5, 0.6) is 0 Å². The van der Waals surface area contributed by atoms with Crippen molar-refractivity contribution in [2.24, 2.45) is 0 Å². The molecule has 5 nitrogen and oxygen atoms in total. The van der Waals surface area contributed by atoms with Gasteiger partial charge in [0.25, 0.3) is 0 Å². The van der Waals surface area contributed by atoms with Crippen molar-refractivity contribution in [1.82, 2.24) is 10.3 Å². The van der Waals surface area contributed by atoms with E-state index in [1.807, 2.05) is 30.3 Å². The van der Waals surface area contributed by atoms with Gasteiger partial charge in [-0.15, -0.1) is 0 Å². The van der Waals surface area contributed by atoms with Crippen LogP contribution in [0.3, 0.4) is 0 Å². The number of hydrogen-bond donors (Lipinski definition) is 1. The van der Waals surface area contributed by atoms with Gasteiger partial charge in [0.1, 0.15) is 12.7 Å². The lowest BCUT2D eigenvalue weighted by Gasteiger charge is -2.05. The second kappa shape index (κ2) is 9.06. The lowest BCUT2D eigenvalue weighted by molar-refractivity contribution is 0.140. The molecule has 0 unspecified atom stereocenters. The van der Waals surface area contributed by atoms with Gasteiger partial charge in [0.15, 0.2) is 11.5 Å². The maximum Gasteiger partial charge on any atom is 0.407 e. The van der Waals surface area contributed by atoms with Gasteiger partial charge in [-0.25, -0.2) is 14.2 Å². The number of rotatable bonds is 6. The standard InChI is InChI=1S/C18H16FN3O2/c19-16-10-15(12-22-17(16)11-20)8-4-5-9-21-18(23)24-13-14-6-2-1-3-7-14/h1-4,6-8,10,12H,5,9,13H2,(H,21,23). The SMILES string of the molecule is N#Cc1ncc(C=CCCNC(=O)OCc2ccccc2)cc1F. The Morgan fingerprint density at radius 3 is 2.88 bits per heavy atom. The first-order chi connectivity index (χ1) is 11.7. The number of carbonyl (C=O) groups is 1. The zero-order valence-electron chi connectivity index (χ0n) is 12.9. The van der Waals surface area contributed by atoms with E-state index in [1.165, 1.54) is 12.3 Å². The lowest BCUT2D eigenvalue weighted by Crippen LogP contribution is -2.24. The number of nitrogens with one attached hydrogen (secondary N) is 1. The fraction of sp³-hybridized carbons (Fsp3) is 0.167. The Kier molecular flexibility index (Phi) is 6.47. The normalized spacial score (nSPS) is 10.3. The monoisotopic (exact) mass is 325 g/mol. The van der Waals surface area contributed by atoms with E-state index in [0.29, 0.717) is 18.5 Å². The number of alkyl carbamates (subject to hydrolysis) is 1. The molecule has 0 atom stereocenters. The molecule has 0 radical (unpaired) electrons. The lowest BCUT2D eigenvalue weighted by atomic mass is 10.2. The number of carbonyl (C=O) groups excluding carboxylic acids is 1. The van der Waals surface area contributed by atoms with Crippen LogP contribution < -0.4 is 5.32 Å². The Hall–Kier alpha value is -3.20. The van der Waals surface area contributed by atoms with Crippen molar-refractivity contribution in [3.63, 3.8) is 0 Å². The molecule has 1 aromatic carbocycles. The molecule has 2 aromatic rings. The molecule has 0 fully saturated rings. The molecule has 0 aliphatic heterocycles. The van der Waals surface area contributed by atoms with Crippen LogP contribution in [0.25, 0.3) is 6.08 Å². The number of pyridine rings is 1. The molecule has 0 aliphatic rings. The highest BCUT2D eigenvalue weighted by atomic mass is 19.1. The maximum absolute atomic E-state index is 13.4. The van der Waals surface area contributed by atoms with E-state index >= 15 is 0 Å². The Balaban J connectivity index is 1.68. The van der Waals surface area contributed by atoms with Crippen molar-refractivity contribution in [1.29, 1.82) is 5.26 Å². The van der Waals surface area contributed by atoms with Gasteiger partial charge in [0.05, 0.1) is 0 Å². The zero-order valence-corrected chi connectivity index (χ0v) is 12.9. The van der Waals surface area contributed by atoms with E-state index in [4.69, 9.17) is 10.00 Å². The first-order valence-corrected chi connectivity index (χ1v) is 7.36. The fourth-order valence-electron chi connectivity index (χ4n) is 1.88. The summed E-state index contributed by atoms with van der Waals surface area (Å²) in [7, 11) is 0. The summed E-state index contributed by atoms with van der Waals surface area (Å²) in [5.41, 5.74) is 1.25. The Morgan fingerprint density at radius 2 is 2.17 bits per heavy atom. The summed E-state index contributed by atoms with van der Waals surface area (Å²) in [4.78, 5) is 15.2. The largest absolute Gasteiger partial charge is 0.445 e. The molecule has 0 saturated carbocycles. The van der Waals surface area contributed by atoms with Crippen molar-refractivity contribution in [3.8, 4) is 6.07 Å². The van der Waals surface area contributed by atoms with Crippen LogP contribution in [-0.4, -0.2) is 17.6 Å². The third kappa shape index (κ3) is 5.54. The van der Waals surface area contributed by atoms with Crippen molar-refractivity contribution < 1.29 is 13.9 Å².